The highest BCUT2D eigenvalue weighted by atomic mass is 79.9. The second-order valence-electron chi connectivity index (χ2n) is 7.66. The summed E-state index contributed by atoms with van der Waals surface area (Å²) >= 11 is 6.42. The van der Waals surface area contributed by atoms with Crippen LogP contribution in [0.5, 0.6) is 5.75 Å². The molecule has 1 heterocycles. The number of hydrogen-bond donors (Lipinski definition) is 1. The number of carbonyl (C=O) groups is 1. The maximum absolute atomic E-state index is 13.9. The summed E-state index contributed by atoms with van der Waals surface area (Å²) in [5, 5.41) is 0. The third-order valence-corrected chi connectivity index (χ3v) is 6.13. The van der Waals surface area contributed by atoms with Gasteiger partial charge < -0.3 is 15.2 Å². The fraction of sp³-hybridized carbons (Fsp3) is 0.200. The Morgan fingerprint density at radius 2 is 1.68 bits per heavy atom. The third-order valence-electron chi connectivity index (χ3n) is 5.21. The predicted octanol–water partition coefficient (Wildman–Crippen LogP) is 6.28. The number of methoxy groups -OCH3 is 1. The van der Waals surface area contributed by atoms with E-state index in [9.17, 15) is 13.6 Å². The monoisotopic (exact) mass is 594 g/mol. The number of ketones is 1. The van der Waals surface area contributed by atoms with Gasteiger partial charge in [-0.1, -0.05) is 37.9 Å². The quantitative estimate of drug-likeness (QED) is 0.360. The van der Waals surface area contributed by atoms with E-state index in [-0.39, 0.29) is 24.2 Å². The molecule has 0 spiro atoms. The van der Waals surface area contributed by atoms with Crippen molar-refractivity contribution in [2.75, 3.05) is 13.7 Å². The van der Waals surface area contributed by atoms with Crippen molar-refractivity contribution >= 4 is 43.7 Å². The molecule has 5 nitrogen and oxygen atoms in total. The van der Waals surface area contributed by atoms with Crippen molar-refractivity contribution in [3.63, 3.8) is 0 Å². The molecule has 34 heavy (non-hydrogen) atoms. The predicted molar refractivity (Wildman–Crippen MR) is 134 cm³/mol. The summed E-state index contributed by atoms with van der Waals surface area (Å²) < 4.78 is 38.4. The Morgan fingerprint density at radius 3 is 2.18 bits per heavy atom. The zero-order valence-electron chi connectivity index (χ0n) is 18.7. The van der Waals surface area contributed by atoms with E-state index >= 15 is 0 Å². The lowest BCUT2D eigenvalue weighted by Gasteiger charge is -2.26. The van der Waals surface area contributed by atoms with Gasteiger partial charge in [0.25, 0.3) is 6.02 Å². The van der Waals surface area contributed by atoms with E-state index < -0.39 is 11.4 Å². The number of halogens is 4. The van der Waals surface area contributed by atoms with Crippen molar-refractivity contribution in [3.05, 3.63) is 97.4 Å². The number of carbonyl (C=O) groups excluding carboxylic acids is 1. The number of nitrogens with two attached hydrogens (primary N) is 1. The van der Waals surface area contributed by atoms with Gasteiger partial charge in [-0.2, -0.15) is 0 Å². The van der Waals surface area contributed by atoms with Gasteiger partial charge in [-0.05, 0) is 79.1 Å². The molecule has 0 aliphatic carbocycles. The van der Waals surface area contributed by atoms with Crippen molar-refractivity contribution in [2.24, 2.45) is 10.7 Å². The SMILES string of the molecule is CC(=O)c1cc(F)cc(Br)c1.COc1ccc(C2(c3cc(F)cc(Br)c3)COC(N)=N2)cc1C. The Bertz CT molecular complexity index is 1230. The van der Waals surface area contributed by atoms with E-state index in [0.717, 1.165) is 16.9 Å². The maximum Gasteiger partial charge on any atom is 0.283 e. The van der Waals surface area contributed by atoms with Crippen LogP contribution in [0.3, 0.4) is 0 Å². The van der Waals surface area contributed by atoms with E-state index in [1.54, 1.807) is 13.2 Å². The summed E-state index contributed by atoms with van der Waals surface area (Å²) in [6.45, 7) is 3.57. The second-order valence-corrected chi connectivity index (χ2v) is 9.49. The van der Waals surface area contributed by atoms with Crippen LogP contribution in [0, 0.1) is 18.6 Å². The van der Waals surface area contributed by atoms with Crippen LogP contribution in [0.1, 0.15) is 34.0 Å². The summed E-state index contributed by atoms with van der Waals surface area (Å²) in [6, 6.07) is 14.6. The molecule has 2 N–H and O–H groups in total. The number of Topliss-reactive ketones (excluding diaryl/α,β-unsaturated/α-hetero) is 1. The average Bonchev–Trinajstić information content (AvgIpc) is 3.16. The Balaban J connectivity index is 0.000000248. The van der Waals surface area contributed by atoms with Gasteiger partial charge in [-0.15, -0.1) is 0 Å². The number of benzene rings is 3. The van der Waals surface area contributed by atoms with Crippen LogP contribution in [0.2, 0.25) is 0 Å². The van der Waals surface area contributed by atoms with Crippen molar-refractivity contribution in [1.29, 1.82) is 0 Å². The topological polar surface area (TPSA) is 73.9 Å². The molecule has 0 fully saturated rings. The Morgan fingerprint density at radius 1 is 1.03 bits per heavy atom. The van der Waals surface area contributed by atoms with Crippen LogP contribution in [0.15, 0.2) is 68.5 Å². The van der Waals surface area contributed by atoms with Gasteiger partial charge in [0.15, 0.2) is 11.3 Å². The highest BCUT2D eigenvalue weighted by Gasteiger charge is 2.40. The van der Waals surface area contributed by atoms with Gasteiger partial charge in [0.05, 0.1) is 7.11 Å². The lowest BCUT2D eigenvalue weighted by atomic mass is 9.83. The number of aliphatic imine (C=N–C) groups is 1. The van der Waals surface area contributed by atoms with E-state index in [4.69, 9.17) is 15.2 Å². The van der Waals surface area contributed by atoms with Crippen molar-refractivity contribution in [3.8, 4) is 5.75 Å². The van der Waals surface area contributed by atoms with Crippen molar-refractivity contribution in [2.45, 2.75) is 19.4 Å². The normalized spacial score (nSPS) is 16.7. The number of aryl methyl sites for hydroxylation is 1. The molecule has 178 valence electrons. The first-order chi connectivity index (χ1) is 16.0. The second kappa shape index (κ2) is 10.7. The average molecular weight is 596 g/mol. The summed E-state index contributed by atoms with van der Waals surface area (Å²) in [5.41, 5.74) is 7.77. The minimum atomic E-state index is -0.869. The summed E-state index contributed by atoms with van der Waals surface area (Å²) in [6.07, 6.45) is 0. The molecule has 1 aliphatic rings. The zero-order chi connectivity index (χ0) is 25.0. The van der Waals surface area contributed by atoms with Crippen molar-refractivity contribution in [1.82, 2.24) is 0 Å². The highest BCUT2D eigenvalue weighted by molar-refractivity contribution is 9.10. The standard InChI is InChI=1S/C17H16BrFN2O2.C8H6BrFO/c1-10-5-11(3-4-15(10)22-2)17(9-23-16(20)21-17)12-6-13(18)8-14(19)7-12;1-5(11)6-2-7(9)4-8(10)3-6/h3-8H,9H2,1-2H3,(H2,20,21);2-4H,1H3. The molecular formula is C25H22Br2F2N2O3. The van der Waals surface area contributed by atoms with Gasteiger partial charge in [0.2, 0.25) is 0 Å². The molecule has 0 saturated carbocycles. The highest BCUT2D eigenvalue weighted by Crippen LogP contribution is 2.40. The fourth-order valence-corrected chi connectivity index (χ4v) is 4.51. The molecule has 1 aliphatic heterocycles. The third kappa shape index (κ3) is 5.82. The molecule has 4 rings (SSSR count). The van der Waals surface area contributed by atoms with Gasteiger partial charge in [-0.25, -0.2) is 13.8 Å². The molecular weight excluding hydrogens is 574 g/mol. The molecule has 0 bridgehead atoms. The first-order valence-electron chi connectivity index (χ1n) is 10.1. The number of rotatable bonds is 4. The minimum Gasteiger partial charge on any atom is -0.496 e. The Hall–Kier alpha value is -2.78. The molecule has 0 amide bonds. The summed E-state index contributed by atoms with van der Waals surface area (Å²) in [5.74, 6) is -0.102. The van der Waals surface area contributed by atoms with Crippen molar-refractivity contribution < 1.29 is 23.0 Å². The molecule has 0 aromatic heterocycles. The van der Waals surface area contributed by atoms with E-state index in [2.05, 4.69) is 36.9 Å². The van der Waals surface area contributed by atoms with Crippen LogP contribution in [0.4, 0.5) is 8.78 Å². The number of hydrogen-bond acceptors (Lipinski definition) is 5. The molecule has 3 aromatic carbocycles. The first-order valence-corrected chi connectivity index (χ1v) is 11.7. The number of amidine groups is 1. The maximum atomic E-state index is 13.9. The summed E-state index contributed by atoms with van der Waals surface area (Å²) in [4.78, 5) is 15.2. The molecule has 1 atom stereocenters. The molecule has 1 unspecified atom stereocenters. The van der Waals surface area contributed by atoms with Gasteiger partial charge in [0.1, 0.15) is 24.0 Å². The Labute approximate surface area is 213 Å². The smallest absolute Gasteiger partial charge is 0.283 e. The van der Waals surface area contributed by atoms with Crippen LogP contribution in [0.25, 0.3) is 0 Å². The lowest BCUT2D eigenvalue weighted by molar-refractivity contribution is 0.101. The van der Waals surface area contributed by atoms with Crippen LogP contribution in [-0.4, -0.2) is 25.5 Å². The van der Waals surface area contributed by atoms with E-state index in [1.807, 2.05) is 31.2 Å². The largest absolute Gasteiger partial charge is 0.496 e. The molecule has 0 radical (unpaired) electrons. The summed E-state index contributed by atoms with van der Waals surface area (Å²) in [7, 11) is 1.62. The van der Waals surface area contributed by atoms with Crippen LogP contribution >= 0.6 is 31.9 Å². The number of nitrogens with zero attached hydrogens (tertiary/aromatic N) is 1. The zero-order valence-corrected chi connectivity index (χ0v) is 21.8. The van der Waals surface area contributed by atoms with E-state index in [0.29, 0.717) is 20.1 Å². The lowest BCUT2D eigenvalue weighted by Crippen LogP contribution is -2.27. The van der Waals surface area contributed by atoms with Gasteiger partial charge >= 0.3 is 0 Å². The van der Waals surface area contributed by atoms with Gasteiger partial charge in [-0.3, -0.25) is 4.79 Å². The molecule has 0 saturated heterocycles. The first kappa shape index (κ1) is 25.8. The number of ether oxygens (including phenoxy) is 2. The van der Waals surface area contributed by atoms with Crippen LogP contribution < -0.4 is 10.5 Å². The van der Waals surface area contributed by atoms with Gasteiger partial charge in [0, 0.05) is 14.5 Å². The minimum absolute atomic E-state index is 0.0962. The molecule has 9 heteroatoms. The molecule has 3 aromatic rings. The van der Waals surface area contributed by atoms with Crippen LogP contribution in [-0.2, 0) is 10.3 Å². The Kier molecular flexibility index (Phi) is 8.09. The van der Waals surface area contributed by atoms with E-state index in [1.165, 1.54) is 31.2 Å². The fourth-order valence-electron chi connectivity index (χ4n) is 3.58.